The van der Waals surface area contributed by atoms with Crippen molar-refractivity contribution in [3.63, 3.8) is 0 Å². The summed E-state index contributed by atoms with van der Waals surface area (Å²) in [7, 11) is 0. The molecule has 1 aliphatic rings. The van der Waals surface area contributed by atoms with Gasteiger partial charge in [-0.25, -0.2) is 0 Å². The fourth-order valence-electron chi connectivity index (χ4n) is 1.65. The standard InChI is InChI=1S/C8H11ClN2S/c1-6-2-8(6,5-9)3-7-4-10-12-11-7/h4,6H,2-3,5H2,1H3. The van der Waals surface area contributed by atoms with Gasteiger partial charge in [0.25, 0.3) is 0 Å². The third-order valence-corrected chi connectivity index (χ3v) is 3.85. The average molecular weight is 203 g/mol. The summed E-state index contributed by atoms with van der Waals surface area (Å²) in [5.41, 5.74) is 1.45. The van der Waals surface area contributed by atoms with Crippen LogP contribution in [0, 0.1) is 11.3 Å². The highest BCUT2D eigenvalue weighted by molar-refractivity contribution is 6.99. The van der Waals surface area contributed by atoms with Crippen molar-refractivity contribution in [2.45, 2.75) is 19.8 Å². The number of nitrogens with zero attached hydrogens (tertiary/aromatic N) is 2. The van der Waals surface area contributed by atoms with E-state index in [9.17, 15) is 0 Å². The normalized spacial score (nSPS) is 33.7. The summed E-state index contributed by atoms with van der Waals surface area (Å²) >= 11 is 7.20. The van der Waals surface area contributed by atoms with Crippen LogP contribution in [0.3, 0.4) is 0 Å². The highest BCUT2D eigenvalue weighted by Crippen LogP contribution is 2.54. The van der Waals surface area contributed by atoms with Gasteiger partial charge in [-0.2, -0.15) is 8.75 Å². The number of hydrogen-bond donors (Lipinski definition) is 0. The Hall–Kier alpha value is -0.150. The Morgan fingerprint density at radius 3 is 3.00 bits per heavy atom. The van der Waals surface area contributed by atoms with E-state index in [2.05, 4.69) is 15.7 Å². The van der Waals surface area contributed by atoms with E-state index in [0.29, 0.717) is 5.41 Å². The second-order valence-corrected chi connectivity index (χ2v) is 4.50. The summed E-state index contributed by atoms with van der Waals surface area (Å²) < 4.78 is 8.18. The molecule has 0 bridgehead atoms. The van der Waals surface area contributed by atoms with E-state index in [-0.39, 0.29) is 0 Å². The summed E-state index contributed by atoms with van der Waals surface area (Å²) in [5.74, 6) is 1.52. The van der Waals surface area contributed by atoms with Crippen LogP contribution in [0.2, 0.25) is 0 Å². The van der Waals surface area contributed by atoms with Crippen molar-refractivity contribution in [3.8, 4) is 0 Å². The SMILES string of the molecule is CC1CC1(CCl)Cc1cnsn1. The fourth-order valence-corrected chi connectivity index (χ4v) is 2.55. The van der Waals surface area contributed by atoms with Crippen LogP contribution in [0.25, 0.3) is 0 Å². The molecule has 0 aliphatic heterocycles. The van der Waals surface area contributed by atoms with Gasteiger partial charge in [0.2, 0.25) is 0 Å². The zero-order valence-corrected chi connectivity index (χ0v) is 8.53. The molecule has 0 saturated heterocycles. The van der Waals surface area contributed by atoms with Gasteiger partial charge in [0.05, 0.1) is 23.6 Å². The van der Waals surface area contributed by atoms with E-state index in [1.165, 1.54) is 18.1 Å². The van der Waals surface area contributed by atoms with Crippen molar-refractivity contribution in [2.24, 2.45) is 11.3 Å². The molecule has 0 N–H and O–H groups in total. The first-order valence-electron chi connectivity index (χ1n) is 4.09. The Morgan fingerprint density at radius 2 is 2.58 bits per heavy atom. The molecule has 12 heavy (non-hydrogen) atoms. The van der Waals surface area contributed by atoms with Crippen molar-refractivity contribution in [3.05, 3.63) is 11.9 Å². The monoisotopic (exact) mass is 202 g/mol. The Bertz CT molecular complexity index is 258. The van der Waals surface area contributed by atoms with E-state index in [1.807, 2.05) is 6.20 Å². The van der Waals surface area contributed by atoms with Gasteiger partial charge in [-0.1, -0.05) is 6.92 Å². The number of rotatable bonds is 3. The molecular formula is C8H11ClN2S. The van der Waals surface area contributed by atoms with Crippen LogP contribution in [0.4, 0.5) is 0 Å². The second kappa shape index (κ2) is 2.96. The quantitative estimate of drug-likeness (QED) is 0.704. The van der Waals surface area contributed by atoms with Gasteiger partial charge in [-0.15, -0.1) is 11.6 Å². The average Bonchev–Trinajstić information content (AvgIpc) is 2.51. The van der Waals surface area contributed by atoms with E-state index < -0.39 is 0 Å². The zero-order valence-electron chi connectivity index (χ0n) is 6.96. The molecule has 0 aromatic carbocycles. The molecule has 2 unspecified atom stereocenters. The summed E-state index contributed by atoms with van der Waals surface area (Å²) in [6.07, 6.45) is 4.10. The molecule has 1 saturated carbocycles. The summed E-state index contributed by atoms with van der Waals surface area (Å²) in [6.45, 7) is 2.25. The van der Waals surface area contributed by atoms with E-state index in [1.54, 1.807) is 0 Å². The van der Waals surface area contributed by atoms with Gasteiger partial charge in [0, 0.05) is 5.88 Å². The highest BCUT2D eigenvalue weighted by atomic mass is 35.5. The number of hydrogen-bond acceptors (Lipinski definition) is 3. The molecule has 66 valence electrons. The van der Waals surface area contributed by atoms with Crippen LogP contribution in [0.5, 0.6) is 0 Å². The molecule has 1 fully saturated rings. The molecule has 2 rings (SSSR count). The predicted molar refractivity (Wildman–Crippen MR) is 50.5 cm³/mol. The van der Waals surface area contributed by atoms with Gasteiger partial charge in [0.15, 0.2) is 0 Å². The number of aromatic nitrogens is 2. The molecule has 1 aromatic heterocycles. The van der Waals surface area contributed by atoms with Crippen LogP contribution in [0.15, 0.2) is 6.20 Å². The first kappa shape index (κ1) is 8.45. The third kappa shape index (κ3) is 1.36. The highest BCUT2D eigenvalue weighted by Gasteiger charge is 2.50. The van der Waals surface area contributed by atoms with Crippen LogP contribution < -0.4 is 0 Å². The molecule has 0 spiro atoms. The topological polar surface area (TPSA) is 25.8 Å². The summed E-state index contributed by atoms with van der Waals surface area (Å²) in [6, 6.07) is 0. The molecule has 1 aromatic rings. The number of halogens is 1. The van der Waals surface area contributed by atoms with Crippen LogP contribution in [-0.2, 0) is 6.42 Å². The smallest absolute Gasteiger partial charge is 0.0749 e. The molecule has 2 atom stereocenters. The lowest BCUT2D eigenvalue weighted by molar-refractivity contribution is 0.519. The van der Waals surface area contributed by atoms with Crippen LogP contribution in [0.1, 0.15) is 19.0 Å². The van der Waals surface area contributed by atoms with Gasteiger partial charge in [-0.3, -0.25) is 0 Å². The Morgan fingerprint density at radius 1 is 1.83 bits per heavy atom. The molecular weight excluding hydrogens is 192 g/mol. The van der Waals surface area contributed by atoms with E-state index >= 15 is 0 Å². The molecule has 2 nitrogen and oxygen atoms in total. The van der Waals surface area contributed by atoms with Crippen molar-refractivity contribution >= 4 is 23.3 Å². The lowest BCUT2D eigenvalue weighted by Crippen LogP contribution is -2.09. The van der Waals surface area contributed by atoms with Crippen LogP contribution >= 0.6 is 23.3 Å². The molecule has 4 heteroatoms. The van der Waals surface area contributed by atoms with Gasteiger partial charge in [0.1, 0.15) is 0 Å². The van der Waals surface area contributed by atoms with E-state index in [4.69, 9.17) is 11.6 Å². The second-order valence-electron chi connectivity index (χ2n) is 3.68. The summed E-state index contributed by atoms with van der Waals surface area (Å²) in [4.78, 5) is 0. The Labute approximate surface area is 81.3 Å². The summed E-state index contributed by atoms with van der Waals surface area (Å²) in [5, 5.41) is 0. The molecule has 0 amide bonds. The fraction of sp³-hybridized carbons (Fsp3) is 0.750. The largest absolute Gasteiger partial charge is 0.181 e. The third-order valence-electron chi connectivity index (χ3n) is 2.80. The van der Waals surface area contributed by atoms with Crippen molar-refractivity contribution < 1.29 is 0 Å². The van der Waals surface area contributed by atoms with Crippen molar-refractivity contribution in [1.82, 2.24) is 8.75 Å². The molecule has 0 radical (unpaired) electrons. The number of alkyl halides is 1. The van der Waals surface area contributed by atoms with E-state index in [0.717, 1.165) is 23.9 Å². The Kier molecular flexibility index (Phi) is 2.09. The van der Waals surface area contributed by atoms with Gasteiger partial charge >= 0.3 is 0 Å². The van der Waals surface area contributed by atoms with Gasteiger partial charge in [-0.05, 0) is 24.2 Å². The minimum absolute atomic E-state index is 0.345. The lowest BCUT2D eigenvalue weighted by atomic mass is 10.0. The minimum atomic E-state index is 0.345. The zero-order chi connectivity index (χ0) is 8.60. The van der Waals surface area contributed by atoms with Crippen molar-refractivity contribution in [1.29, 1.82) is 0 Å². The maximum atomic E-state index is 5.92. The van der Waals surface area contributed by atoms with Crippen LogP contribution in [-0.4, -0.2) is 14.6 Å². The molecule has 1 heterocycles. The molecule has 1 aliphatic carbocycles. The van der Waals surface area contributed by atoms with Crippen molar-refractivity contribution in [2.75, 3.05) is 5.88 Å². The first-order chi connectivity index (χ1) is 5.77. The predicted octanol–water partition coefficient (Wildman–Crippen LogP) is 2.35. The lowest BCUT2D eigenvalue weighted by Gasteiger charge is -2.09. The minimum Gasteiger partial charge on any atom is -0.181 e. The Balaban J connectivity index is 2.04. The first-order valence-corrected chi connectivity index (χ1v) is 5.36. The maximum Gasteiger partial charge on any atom is 0.0749 e. The maximum absolute atomic E-state index is 5.92. The van der Waals surface area contributed by atoms with Gasteiger partial charge < -0.3 is 0 Å².